The van der Waals surface area contributed by atoms with Gasteiger partial charge in [-0.3, -0.25) is 10.1 Å². The predicted octanol–water partition coefficient (Wildman–Crippen LogP) is 4.33. The number of hydrogen-bond donors (Lipinski definition) is 3. The van der Waals surface area contributed by atoms with E-state index in [1.807, 2.05) is 13.8 Å². The largest absolute Gasteiger partial charge is 0.488 e. The average Bonchev–Trinajstić information content (AvgIpc) is 2.99. The number of alkyl halides is 3. The van der Waals surface area contributed by atoms with E-state index >= 15 is 0 Å². The Labute approximate surface area is 263 Å². The van der Waals surface area contributed by atoms with Crippen molar-refractivity contribution in [1.82, 2.24) is 10.2 Å². The number of carboxylic acids is 1. The van der Waals surface area contributed by atoms with E-state index in [-0.39, 0.29) is 42.9 Å². The molecule has 3 N–H and O–H groups in total. The topological polar surface area (TPSA) is 161 Å². The summed E-state index contributed by atoms with van der Waals surface area (Å²) in [4.78, 5) is 37.1. The molecule has 2 atom stereocenters. The second-order valence-corrected chi connectivity index (χ2v) is 10.5. The van der Waals surface area contributed by atoms with E-state index in [9.17, 15) is 43.1 Å². The summed E-state index contributed by atoms with van der Waals surface area (Å²) in [6, 6.07) is 9.35. The number of allylic oxidation sites excluding steroid dienone is 1. The maximum Gasteiger partial charge on any atom is 0.432 e. The van der Waals surface area contributed by atoms with Crippen molar-refractivity contribution in [2.24, 2.45) is 0 Å². The number of para-hydroxylation sites is 2. The lowest BCUT2D eigenvalue weighted by Gasteiger charge is -2.40. The Balaban J connectivity index is 2.02. The van der Waals surface area contributed by atoms with Crippen LogP contribution < -0.4 is 14.8 Å². The number of aliphatic hydroxyl groups is 1. The molecule has 2 unspecified atom stereocenters. The number of nitro benzene ring substituents is 1. The minimum atomic E-state index is -5.19. The lowest BCUT2D eigenvalue weighted by atomic mass is 9.84. The van der Waals surface area contributed by atoms with Gasteiger partial charge in [0.1, 0.15) is 25.0 Å². The van der Waals surface area contributed by atoms with Crippen LogP contribution in [0.3, 0.4) is 0 Å². The number of non-ortho nitro benzene ring substituents is 1. The van der Waals surface area contributed by atoms with Crippen molar-refractivity contribution in [3.8, 4) is 11.5 Å². The number of halogens is 3. The molecule has 0 saturated heterocycles. The first-order valence-corrected chi connectivity index (χ1v) is 14.4. The van der Waals surface area contributed by atoms with Gasteiger partial charge < -0.3 is 34.6 Å². The molecule has 3 rings (SSSR count). The molecule has 0 amide bonds. The Morgan fingerprint density at radius 2 is 1.76 bits per heavy atom. The van der Waals surface area contributed by atoms with Crippen molar-refractivity contribution in [3.05, 3.63) is 81.1 Å². The maximum atomic E-state index is 14.9. The number of benzene rings is 2. The molecule has 2 aromatic rings. The number of nitrogens with zero attached hydrogens (tertiary/aromatic N) is 2. The number of aliphatic hydroxyl groups excluding tert-OH is 1. The van der Waals surface area contributed by atoms with Gasteiger partial charge in [0.05, 0.1) is 35.3 Å². The first-order chi connectivity index (χ1) is 21.7. The van der Waals surface area contributed by atoms with Crippen molar-refractivity contribution in [1.29, 1.82) is 0 Å². The fraction of sp³-hybridized carbons (Fsp3) is 0.419. The summed E-state index contributed by atoms with van der Waals surface area (Å²) in [5.41, 5.74) is -4.56. The third-order valence-corrected chi connectivity index (χ3v) is 6.88. The van der Waals surface area contributed by atoms with E-state index in [1.54, 1.807) is 18.2 Å². The van der Waals surface area contributed by atoms with Crippen molar-refractivity contribution >= 4 is 23.2 Å². The highest BCUT2D eigenvalue weighted by molar-refractivity contribution is 6.14. The van der Waals surface area contributed by atoms with Gasteiger partial charge in [-0.05, 0) is 31.5 Å². The molecule has 46 heavy (non-hydrogen) atoms. The van der Waals surface area contributed by atoms with E-state index in [0.29, 0.717) is 4.90 Å². The van der Waals surface area contributed by atoms with Crippen LogP contribution in [0.5, 0.6) is 11.5 Å². The lowest BCUT2D eigenvalue weighted by Crippen LogP contribution is -2.47. The lowest BCUT2D eigenvalue weighted by molar-refractivity contribution is -0.384. The van der Waals surface area contributed by atoms with E-state index < -0.39 is 76.4 Å². The van der Waals surface area contributed by atoms with Gasteiger partial charge in [-0.1, -0.05) is 38.1 Å². The van der Waals surface area contributed by atoms with Crippen molar-refractivity contribution in [2.45, 2.75) is 52.1 Å². The van der Waals surface area contributed by atoms with Gasteiger partial charge in [-0.15, -0.1) is 0 Å². The minimum absolute atomic E-state index is 0.0969. The number of hydrogen-bond acceptors (Lipinski definition) is 10. The van der Waals surface area contributed by atoms with Crippen molar-refractivity contribution in [3.63, 3.8) is 0 Å². The Morgan fingerprint density at radius 1 is 1.11 bits per heavy atom. The summed E-state index contributed by atoms with van der Waals surface area (Å²) in [5, 5.41) is 34.9. The average molecular weight is 652 g/mol. The SMILES string of the molecule is CCOC(=O)C1=C(C(F)(F)F)N(CCOc2ccccc2OCC(O)CNC(C)C)C(C)C(C(=O)O)=C1c1cccc([N+](=O)[O-])c1. The summed E-state index contributed by atoms with van der Waals surface area (Å²) in [7, 11) is 0. The van der Waals surface area contributed by atoms with E-state index in [1.165, 1.54) is 32.0 Å². The molecule has 0 bridgehead atoms. The van der Waals surface area contributed by atoms with Crippen LogP contribution in [0.15, 0.2) is 65.4 Å². The fourth-order valence-electron chi connectivity index (χ4n) is 4.89. The molecule has 0 saturated carbocycles. The monoisotopic (exact) mass is 651 g/mol. The van der Waals surface area contributed by atoms with E-state index in [2.05, 4.69) is 5.32 Å². The standard InChI is InChI=1S/C31H36F3N3O9/c1-5-44-30(41)27-26(20-9-8-10-21(15-20)37(42)43)25(29(39)40)19(4)36(28(27)31(32,33)34)13-14-45-23-11-6-7-12-24(23)46-17-22(38)16-35-18(2)3/h6-12,15,18-19,22,35,38H,5,13-14,16-17H2,1-4H3,(H,39,40). The number of nitrogens with one attached hydrogen (secondary N) is 1. The van der Waals surface area contributed by atoms with Gasteiger partial charge in [-0.2, -0.15) is 13.2 Å². The Kier molecular flexibility index (Phi) is 12.1. The molecule has 0 spiro atoms. The Hall–Kier alpha value is -4.63. The smallest absolute Gasteiger partial charge is 0.432 e. The summed E-state index contributed by atoms with van der Waals surface area (Å²) >= 11 is 0. The quantitative estimate of drug-likeness (QED) is 0.143. The molecular formula is C31H36F3N3O9. The van der Waals surface area contributed by atoms with Gasteiger partial charge in [-0.25, -0.2) is 9.59 Å². The van der Waals surface area contributed by atoms with Crippen LogP contribution in [-0.4, -0.2) is 89.2 Å². The zero-order valence-corrected chi connectivity index (χ0v) is 25.7. The molecule has 1 heterocycles. The molecule has 1 aliphatic heterocycles. The maximum absolute atomic E-state index is 14.9. The van der Waals surface area contributed by atoms with Crippen LogP contribution >= 0.6 is 0 Å². The number of ether oxygens (including phenoxy) is 3. The summed E-state index contributed by atoms with van der Waals surface area (Å²) in [5.74, 6) is -2.70. The van der Waals surface area contributed by atoms with Gasteiger partial charge >= 0.3 is 18.1 Å². The first-order valence-electron chi connectivity index (χ1n) is 14.4. The molecule has 15 heteroatoms. The highest BCUT2D eigenvalue weighted by Crippen LogP contribution is 2.45. The highest BCUT2D eigenvalue weighted by Gasteiger charge is 2.50. The number of aliphatic carboxylic acids is 1. The second kappa shape index (κ2) is 15.6. The molecular weight excluding hydrogens is 615 g/mol. The summed E-state index contributed by atoms with van der Waals surface area (Å²) in [6.45, 7) is 5.33. The molecule has 0 fully saturated rings. The van der Waals surface area contributed by atoms with Crippen LogP contribution in [0.2, 0.25) is 0 Å². The second-order valence-electron chi connectivity index (χ2n) is 10.5. The first kappa shape index (κ1) is 35.8. The minimum Gasteiger partial charge on any atom is -0.488 e. The number of esters is 1. The predicted molar refractivity (Wildman–Crippen MR) is 160 cm³/mol. The molecule has 0 aromatic heterocycles. The number of carboxylic acid groups (broad SMARTS) is 1. The Bertz CT molecular complexity index is 1490. The van der Waals surface area contributed by atoms with Crippen molar-refractivity contribution < 1.29 is 52.1 Å². The summed E-state index contributed by atoms with van der Waals surface area (Å²) in [6.07, 6.45) is -6.04. The van der Waals surface area contributed by atoms with Gasteiger partial charge in [0, 0.05) is 30.3 Å². The molecule has 12 nitrogen and oxygen atoms in total. The van der Waals surface area contributed by atoms with Crippen LogP contribution in [0.25, 0.3) is 5.57 Å². The third-order valence-electron chi connectivity index (χ3n) is 6.88. The van der Waals surface area contributed by atoms with Crippen molar-refractivity contribution in [2.75, 3.05) is 32.9 Å². The normalized spacial score (nSPS) is 16.0. The molecule has 250 valence electrons. The molecule has 2 aromatic carbocycles. The highest BCUT2D eigenvalue weighted by atomic mass is 19.4. The van der Waals surface area contributed by atoms with Gasteiger partial charge in [0.2, 0.25) is 0 Å². The van der Waals surface area contributed by atoms with Crippen LogP contribution in [0.4, 0.5) is 18.9 Å². The summed E-state index contributed by atoms with van der Waals surface area (Å²) < 4.78 is 61.0. The van der Waals surface area contributed by atoms with Crippen LogP contribution in [0, 0.1) is 10.1 Å². The fourth-order valence-corrected chi connectivity index (χ4v) is 4.89. The zero-order chi connectivity index (χ0) is 34.2. The van der Waals surface area contributed by atoms with E-state index in [0.717, 1.165) is 12.1 Å². The number of rotatable bonds is 15. The number of carbonyl (C=O) groups is 2. The molecule has 1 aliphatic rings. The Morgan fingerprint density at radius 3 is 2.33 bits per heavy atom. The zero-order valence-electron chi connectivity index (χ0n) is 25.7. The van der Waals surface area contributed by atoms with Crippen LogP contribution in [-0.2, 0) is 14.3 Å². The van der Waals surface area contributed by atoms with Gasteiger partial charge in [0.15, 0.2) is 11.5 Å². The number of nitro groups is 1. The molecule has 0 radical (unpaired) electrons. The third kappa shape index (κ3) is 8.75. The van der Waals surface area contributed by atoms with E-state index in [4.69, 9.17) is 14.2 Å². The molecule has 0 aliphatic carbocycles. The van der Waals surface area contributed by atoms with Gasteiger partial charge in [0.25, 0.3) is 5.69 Å². The number of carbonyl (C=O) groups excluding carboxylic acids is 1. The van der Waals surface area contributed by atoms with Crippen LogP contribution in [0.1, 0.15) is 33.3 Å².